The van der Waals surface area contributed by atoms with Gasteiger partial charge in [0.05, 0.1) is 22.8 Å². The van der Waals surface area contributed by atoms with E-state index in [0.717, 1.165) is 44.2 Å². The van der Waals surface area contributed by atoms with Gasteiger partial charge in [-0.05, 0) is 11.1 Å². The summed E-state index contributed by atoms with van der Waals surface area (Å²) in [4.78, 5) is 41.5. The topological polar surface area (TPSA) is 93.1 Å². The summed E-state index contributed by atoms with van der Waals surface area (Å²) in [6.45, 7) is 0.167. The van der Waals surface area contributed by atoms with E-state index in [1.54, 1.807) is 12.4 Å². The molecule has 7 nitrogen and oxygen atoms in total. The summed E-state index contributed by atoms with van der Waals surface area (Å²) < 4.78 is 11.9. The second-order valence-corrected chi connectivity index (χ2v) is 11.7. The Hall–Kier alpha value is -6.60. The van der Waals surface area contributed by atoms with Crippen molar-refractivity contribution in [3.05, 3.63) is 178 Å². The van der Waals surface area contributed by atoms with Crippen molar-refractivity contribution in [2.24, 2.45) is 9.98 Å². The van der Waals surface area contributed by atoms with Crippen LogP contribution in [0.5, 0.6) is 0 Å². The first-order valence-electron chi connectivity index (χ1n) is 15.9. The molecular formula is C42H29N3O4. The van der Waals surface area contributed by atoms with E-state index in [9.17, 15) is 9.59 Å². The highest BCUT2D eigenvalue weighted by molar-refractivity contribution is 6.32. The lowest BCUT2D eigenvalue weighted by Gasteiger charge is -2.12. The van der Waals surface area contributed by atoms with Gasteiger partial charge in [0.2, 0.25) is 0 Å². The minimum atomic E-state index is -0.545. The number of rotatable bonds is 8. The molecule has 0 spiro atoms. The van der Waals surface area contributed by atoms with E-state index in [2.05, 4.69) is 4.98 Å². The Morgan fingerprint density at radius 3 is 1.33 bits per heavy atom. The fourth-order valence-corrected chi connectivity index (χ4v) is 6.25. The summed E-state index contributed by atoms with van der Waals surface area (Å²) in [5.74, 6) is -1.09. The standard InChI is InChI=1S/C42H29N3O4/c46-41(48-25-27-13-3-1-4-14-27)35(37-31-19-9-7-17-29(31)23-43-37)39-33-21-11-12-22-34(33)40(45-39)36(38-32-20-10-8-18-30(32)24-44-38)42(47)49-26-28-15-5-2-6-16-28/h1-24,45H,25-26H2/b37-35+,38-36+. The number of nitrogens with one attached hydrogen (secondary N) is 1. The summed E-state index contributed by atoms with van der Waals surface area (Å²) in [5, 5.41) is 1.45. The molecule has 0 atom stereocenters. The van der Waals surface area contributed by atoms with Crippen LogP contribution in [0.25, 0.3) is 33.3 Å². The molecule has 0 fully saturated rings. The molecule has 0 saturated heterocycles. The number of hydrogen-bond donors (Lipinski definition) is 1. The third-order valence-electron chi connectivity index (χ3n) is 8.62. The zero-order valence-electron chi connectivity index (χ0n) is 26.3. The molecular weight excluding hydrogens is 610 g/mol. The zero-order chi connectivity index (χ0) is 33.2. The molecule has 0 unspecified atom stereocenters. The predicted octanol–water partition coefficient (Wildman–Crippen LogP) is 8.26. The number of carbonyl (C=O) groups excluding carboxylic acids is 2. The Labute approximate surface area is 282 Å². The van der Waals surface area contributed by atoms with E-state index in [-0.39, 0.29) is 24.4 Å². The van der Waals surface area contributed by atoms with Gasteiger partial charge in [-0.3, -0.25) is 9.98 Å². The van der Waals surface area contributed by atoms with E-state index in [4.69, 9.17) is 19.5 Å². The number of aliphatic imine (C=N–C) groups is 2. The number of ether oxygens (including phenoxy) is 2. The summed E-state index contributed by atoms with van der Waals surface area (Å²) in [5.41, 5.74) is 7.58. The van der Waals surface area contributed by atoms with Crippen molar-refractivity contribution in [3.63, 3.8) is 0 Å². The fourth-order valence-electron chi connectivity index (χ4n) is 6.25. The molecule has 7 heteroatoms. The van der Waals surface area contributed by atoms with Crippen molar-refractivity contribution in [3.8, 4) is 0 Å². The molecule has 3 heterocycles. The number of carbonyl (C=O) groups is 2. The van der Waals surface area contributed by atoms with Crippen molar-refractivity contribution < 1.29 is 19.1 Å². The van der Waals surface area contributed by atoms with Crippen molar-refractivity contribution in [1.29, 1.82) is 0 Å². The van der Waals surface area contributed by atoms with E-state index in [0.29, 0.717) is 22.8 Å². The van der Waals surface area contributed by atoms with Crippen molar-refractivity contribution in [2.45, 2.75) is 13.2 Å². The zero-order valence-corrected chi connectivity index (χ0v) is 26.3. The molecule has 0 bridgehead atoms. The number of H-pyrrole nitrogens is 1. The Morgan fingerprint density at radius 1 is 0.490 bits per heavy atom. The lowest BCUT2D eigenvalue weighted by molar-refractivity contribution is -0.138. The second-order valence-electron chi connectivity index (χ2n) is 11.7. The maximum Gasteiger partial charge on any atom is 0.342 e. The quantitative estimate of drug-likeness (QED) is 0.134. The highest BCUT2D eigenvalue weighted by Crippen LogP contribution is 2.41. The SMILES string of the molecule is O=C(OCc1ccccc1)/C(=C1/N=Cc2ccccc21)c1[nH]c(/C(C(=O)OCc2ccccc2)=C2\N=Cc3ccccc32)c2ccccc12. The number of hydrogen-bond acceptors (Lipinski definition) is 6. The molecule has 0 radical (unpaired) electrons. The third kappa shape index (κ3) is 5.68. The van der Waals surface area contributed by atoms with Gasteiger partial charge in [0.25, 0.3) is 0 Å². The number of nitrogens with zero attached hydrogens (tertiary/aromatic N) is 2. The van der Waals surface area contributed by atoms with Crippen LogP contribution >= 0.6 is 0 Å². The third-order valence-corrected chi connectivity index (χ3v) is 8.62. The van der Waals surface area contributed by atoms with Gasteiger partial charge in [-0.2, -0.15) is 0 Å². The van der Waals surface area contributed by atoms with Crippen LogP contribution in [0.1, 0.15) is 44.8 Å². The van der Waals surface area contributed by atoms with Crippen LogP contribution in [0.15, 0.2) is 143 Å². The van der Waals surface area contributed by atoms with Gasteiger partial charge in [0.1, 0.15) is 24.4 Å². The van der Waals surface area contributed by atoms with Gasteiger partial charge in [0.15, 0.2) is 0 Å². The average molecular weight is 640 g/mol. The first-order valence-corrected chi connectivity index (χ1v) is 15.9. The molecule has 6 aromatic rings. The maximum absolute atomic E-state index is 14.2. The van der Waals surface area contributed by atoms with E-state index in [1.807, 2.05) is 133 Å². The monoisotopic (exact) mass is 639 g/mol. The summed E-state index contributed by atoms with van der Waals surface area (Å²) >= 11 is 0. The molecule has 8 rings (SSSR count). The molecule has 0 aliphatic carbocycles. The molecule has 2 aliphatic heterocycles. The number of benzene rings is 5. The number of aromatic nitrogens is 1. The van der Waals surface area contributed by atoms with Gasteiger partial charge in [-0.15, -0.1) is 0 Å². The lowest BCUT2D eigenvalue weighted by atomic mass is 9.98. The minimum Gasteiger partial charge on any atom is -0.457 e. The van der Waals surface area contributed by atoms with Crippen molar-refractivity contribution in [1.82, 2.24) is 4.98 Å². The molecule has 49 heavy (non-hydrogen) atoms. The number of aromatic amines is 1. The fraction of sp³-hybridized carbons (Fsp3) is 0.0476. The first kappa shape index (κ1) is 29.8. The van der Waals surface area contributed by atoms with Crippen LogP contribution in [0.4, 0.5) is 0 Å². The highest BCUT2D eigenvalue weighted by Gasteiger charge is 2.32. The molecule has 236 valence electrons. The molecule has 5 aromatic carbocycles. The van der Waals surface area contributed by atoms with Crippen molar-refractivity contribution >= 4 is 57.7 Å². The van der Waals surface area contributed by atoms with Crippen LogP contribution in [-0.4, -0.2) is 29.4 Å². The number of fused-ring (bicyclic) bond motifs is 3. The Bertz CT molecular complexity index is 2200. The normalized spacial score (nSPS) is 14.8. The van der Waals surface area contributed by atoms with Gasteiger partial charge in [-0.25, -0.2) is 9.59 Å². The smallest absolute Gasteiger partial charge is 0.342 e. The molecule has 0 amide bonds. The minimum absolute atomic E-state index is 0.0833. The predicted molar refractivity (Wildman–Crippen MR) is 192 cm³/mol. The lowest BCUT2D eigenvalue weighted by Crippen LogP contribution is -2.11. The van der Waals surface area contributed by atoms with Gasteiger partial charge in [0, 0.05) is 45.5 Å². The molecule has 1 aromatic heterocycles. The summed E-state index contributed by atoms with van der Waals surface area (Å²) in [6.07, 6.45) is 3.50. The van der Waals surface area contributed by atoms with Crippen LogP contribution in [0.3, 0.4) is 0 Å². The van der Waals surface area contributed by atoms with Crippen LogP contribution in [-0.2, 0) is 32.3 Å². The Balaban J connectivity index is 1.31. The largest absolute Gasteiger partial charge is 0.457 e. The second kappa shape index (κ2) is 12.9. The van der Waals surface area contributed by atoms with Crippen LogP contribution in [0, 0.1) is 0 Å². The van der Waals surface area contributed by atoms with E-state index in [1.165, 1.54) is 0 Å². The van der Waals surface area contributed by atoms with E-state index >= 15 is 0 Å². The molecule has 2 aliphatic rings. The average Bonchev–Trinajstić information content (AvgIpc) is 3.88. The Morgan fingerprint density at radius 2 is 0.878 bits per heavy atom. The van der Waals surface area contributed by atoms with E-state index < -0.39 is 11.9 Å². The highest BCUT2D eigenvalue weighted by atomic mass is 16.5. The van der Waals surface area contributed by atoms with Crippen LogP contribution < -0.4 is 0 Å². The number of esters is 2. The first-order chi connectivity index (χ1) is 24.2. The van der Waals surface area contributed by atoms with Crippen molar-refractivity contribution in [2.75, 3.05) is 0 Å². The Kier molecular flexibility index (Phi) is 7.83. The summed E-state index contributed by atoms with van der Waals surface area (Å²) in [6, 6.07) is 42.2. The van der Waals surface area contributed by atoms with Gasteiger partial charge < -0.3 is 14.5 Å². The van der Waals surface area contributed by atoms with Gasteiger partial charge >= 0.3 is 11.9 Å². The maximum atomic E-state index is 14.2. The molecule has 0 saturated carbocycles. The van der Waals surface area contributed by atoms with Crippen LogP contribution in [0.2, 0.25) is 0 Å². The molecule has 1 N–H and O–H groups in total. The van der Waals surface area contributed by atoms with Gasteiger partial charge in [-0.1, -0.05) is 133 Å². The summed E-state index contributed by atoms with van der Waals surface area (Å²) in [7, 11) is 0.